The molecule has 0 radical (unpaired) electrons. The lowest BCUT2D eigenvalue weighted by atomic mass is 10.0. The van der Waals surface area contributed by atoms with Crippen molar-refractivity contribution in [2.45, 2.75) is 64.1 Å². The number of fused-ring (bicyclic) bond motifs is 1. The summed E-state index contributed by atoms with van der Waals surface area (Å²) in [5.41, 5.74) is 1.73. The molecular weight excluding hydrogens is 368 g/mol. The van der Waals surface area contributed by atoms with Gasteiger partial charge in [-0.1, -0.05) is 0 Å². The molecule has 0 aliphatic heterocycles. The summed E-state index contributed by atoms with van der Waals surface area (Å²) in [5.74, 6) is 1.96. The van der Waals surface area contributed by atoms with E-state index < -0.39 is 0 Å². The van der Waals surface area contributed by atoms with E-state index in [1.807, 2.05) is 21.6 Å². The Bertz CT molecular complexity index is 987. The molecule has 2 N–H and O–H groups in total. The average molecular weight is 399 g/mol. The Morgan fingerprint density at radius 3 is 2.79 bits per heavy atom. The summed E-state index contributed by atoms with van der Waals surface area (Å²) in [7, 11) is 1.69. The van der Waals surface area contributed by atoms with Gasteiger partial charge in [-0.2, -0.15) is 10.2 Å². The fourth-order valence-corrected chi connectivity index (χ4v) is 3.94. The van der Waals surface area contributed by atoms with Crippen molar-refractivity contribution in [1.82, 2.24) is 24.5 Å². The predicted molar refractivity (Wildman–Crippen MR) is 113 cm³/mol. The van der Waals surface area contributed by atoms with Crippen molar-refractivity contribution in [1.29, 1.82) is 0 Å². The van der Waals surface area contributed by atoms with Gasteiger partial charge in [0.05, 0.1) is 41.4 Å². The van der Waals surface area contributed by atoms with E-state index in [2.05, 4.69) is 42.2 Å². The highest BCUT2D eigenvalue weighted by Crippen LogP contribution is 2.36. The van der Waals surface area contributed by atoms with Crippen LogP contribution in [0.1, 0.15) is 51.6 Å². The number of aliphatic hydroxyl groups is 1. The quantitative estimate of drug-likeness (QED) is 0.661. The SMILES string of the molecule is COCCn1cc2c(Nc3cc([C@@H]4CC[C@H](O)C4)nn3C(C)(C)C)nccc2n1. The molecule has 1 saturated carbocycles. The molecule has 1 aliphatic rings. The van der Waals surface area contributed by atoms with E-state index in [9.17, 15) is 5.11 Å². The first-order valence-corrected chi connectivity index (χ1v) is 10.2. The van der Waals surface area contributed by atoms with E-state index in [0.29, 0.717) is 19.1 Å². The Labute approximate surface area is 170 Å². The molecule has 0 aromatic carbocycles. The van der Waals surface area contributed by atoms with Crippen LogP contribution in [0.15, 0.2) is 24.5 Å². The van der Waals surface area contributed by atoms with Gasteiger partial charge in [0.25, 0.3) is 0 Å². The van der Waals surface area contributed by atoms with Crippen molar-refractivity contribution in [2.24, 2.45) is 0 Å². The maximum absolute atomic E-state index is 9.94. The molecule has 1 fully saturated rings. The highest BCUT2D eigenvalue weighted by molar-refractivity contribution is 5.90. The smallest absolute Gasteiger partial charge is 0.142 e. The van der Waals surface area contributed by atoms with E-state index in [1.54, 1.807) is 13.3 Å². The van der Waals surface area contributed by atoms with Gasteiger partial charge in [0.1, 0.15) is 11.6 Å². The van der Waals surface area contributed by atoms with Crippen LogP contribution < -0.4 is 5.32 Å². The average Bonchev–Trinajstić information content (AvgIpc) is 3.37. The summed E-state index contributed by atoms with van der Waals surface area (Å²) in [4.78, 5) is 4.56. The molecule has 1 aliphatic carbocycles. The Hall–Kier alpha value is -2.45. The third-order valence-electron chi connectivity index (χ3n) is 5.44. The monoisotopic (exact) mass is 398 g/mol. The van der Waals surface area contributed by atoms with Crippen LogP contribution >= 0.6 is 0 Å². The molecule has 8 heteroatoms. The fourth-order valence-electron chi connectivity index (χ4n) is 3.94. The van der Waals surface area contributed by atoms with Gasteiger partial charge in [-0.05, 0) is 46.1 Å². The van der Waals surface area contributed by atoms with Crippen molar-refractivity contribution >= 4 is 22.5 Å². The Morgan fingerprint density at radius 1 is 1.28 bits per heavy atom. The lowest BCUT2D eigenvalue weighted by Crippen LogP contribution is -2.25. The zero-order valence-electron chi connectivity index (χ0n) is 17.6. The molecule has 8 nitrogen and oxygen atoms in total. The van der Waals surface area contributed by atoms with Crippen molar-refractivity contribution < 1.29 is 9.84 Å². The number of hydrogen-bond acceptors (Lipinski definition) is 6. The molecule has 156 valence electrons. The van der Waals surface area contributed by atoms with Gasteiger partial charge >= 0.3 is 0 Å². The standard InChI is InChI=1S/C21H30N6O2/c1-21(2,3)27-19(12-18(25-27)14-5-6-15(28)11-14)23-20-16-13-26(9-10-29-4)24-17(16)7-8-22-20/h7-8,12-15,28H,5-6,9-11H2,1-4H3,(H,22,23)/t14-,15+/m1/s1. The maximum atomic E-state index is 9.94. The lowest BCUT2D eigenvalue weighted by molar-refractivity contribution is 0.181. The Kier molecular flexibility index (Phi) is 5.31. The van der Waals surface area contributed by atoms with E-state index in [4.69, 9.17) is 9.84 Å². The minimum absolute atomic E-state index is 0.186. The first-order chi connectivity index (χ1) is 13.8. The summed E-state index contributed by atoms with van der Waals surface area (Å²) in [6.07, 6.45) is 6.14. The van der Waals surface area contributed by atoms with E-state index in [0.717, 1.165) is 47.5 Å². The number of anilines is 2. The minimum atomic E-state index is -0.218. The van der Waals surface area contributed by atoms with E-state index in [1.165, 1.54) is 0 Å². The van der Waals surface area contributed by atoms with Crippen LogP contribution in [0, 0.1) is 0 Å². The zero-order valence-corrected chi connectivity index (χ0v) is 17.6. The van der Waals surface area contributed by atoms with E-state index in [-0.39, 0.29) is 11.6 Å². The minimum Gasteiger partial charge on any atom is -0.393 e. The van der Waals surface area contributed by atoms with E-state index >= 15 is 0 Å². The Morgan fingerprint density at radius 2 is 2.10 bits per heavy atom. The highest BCUT2D eigenvalue weighted by Gasteiger charge is 2.29. The molecule has 4 rings (SSSR count). The topological polar surface area (TPSA) is 90.0 Å². The van der Waals surface area contributed by atoms with Gasteiger partial charge in [-0.15, -0.1) is 0 Å². The number of nitrogens with one attached hydrogen (secondary N) is 1. The van der Waals surface area contributed by atoms with Crippen molar-refractivity contribution in [3.63, 3.8) is 0 Å². The summed E-state index contributed by atoms with van der Waals surface area (Å²) in [6, 6.07) is 4.01. The normalized spacial score (nSPS) is 19.9. The van der Waals surface area contributed by atoms with Crippen molar-refractivity contribution in [3.8, 4) is 0 Å². The molecule has 3 aromatic heterocycles. The third kappa shape index (κ3) is 4.13. The van der Waals surface area contributed by atoms with Crippen LogP contribution in [0.2, 0.25) is 0 Å². The van der Waals surface area contributed by atoms with Crippen molar-refractivity contribution in [3.05, 3.63) is 30.2 Å². The predicted octanol–water partition coefficient (Wildman–Crippen LogP) is 3.40. The third-order valence-corrected chi connectivity index (χ3v) is 5.44. The van der Waals surface area contributed by atoms with Crippen LogP contribution in [0.25, 0.3) is 10.9 Å². The molecule has 0 amide bonds. The molecular formula is C21H30N6O2. The second-order valence-corrected chi connectivity index (χ2v) is 8.80. The molecule has 3 heterocycles. The van der Waals surface area contributed by atoms with Crippen LogP contribution in [-0.4, -0.2) is 49.5 Å². The van der Waals surface area contributed by atoms with Crippen LogP contribution in [0.4, 0.5) is 11.6 Å². The summed E-state index contributed by atoms with van der Waals surface area (Å²) in [5, 5.41) is 23.9. The van der Waals surface area contributed by atoms with Gasteiger partial charge in [0, 0.05) is 31.5 Å². The van der Waals surface area contributed by atoms with Gasteiger partial charge < -0.3 is 15.2 Å². The molecule has 29 heavy (non-hydrogen) atoms. The number of ether oxygens (including phenoxy) is 1. The van der Waals surface area contributed by atoms with Gasteiger partial charge in [0.15, 0.2) is 0 Å². The summed E-state index contributed by atoms with van der Waals surface area (Å²) < 4.78 is 9.06. The second kappa shape index (κ2) is 7.76. The molecule has 0 spiro atoms. The van der Waals surface area contributed by atoms with Gasteiger partial charge in [-0.3, -0.25) is 4.68 Å². The number of nitrogens with zero attached hydrogens (tertiary/aromatic N) is 5. The Balaban J connectivity index is 1.68. The molecule has 0 unspecified atom stereocenters. The molecule has 0 saturated heterocycles. The highest BCUT2D eigenvalue weighted by atomic mass is 16.5. The van der Waals surface area contributed by atoms with Crippen LogP contribution in [0.5, 0.6) is 0 Å². The first-order valence-electron chi connectivity index (χ1n) is 10.2. The number of hydrogen-bond donors (Lipinski definition) is 2. The lowest BCUT2D eigenvalue weighted by Gasteiger charge is -2.22. The summed E-state index contributed by atoms with van der Waals surface area (Å²) >= 11 is 0. The first kappa shape index (κ1) is 19.8. The van der Waals surface area contributed by atoms with Gasteiger partial charge in [-0.25, -0.2) is 9.67 Å². The summed E-state index contributed by atoms with van der Waals surface area (Å²) in [6.45, 7) is 7.70. The number of methoxy groups -OCH3 is 1. The van der Waals surface area contributed by atoms with Crippen LogP contribution in [0.3, 0.4) is 0 Å². The zero-order chi connectivity index (χ0) is 20.6. The largest absolute Gasteiger partial charge is 0.393 e. The number of aliphatic hydroxyl groups excluding tert-OH is 1. The second-order valence-electron chi connectivity index (χ2n) is 8.80. The number of rotatable bonds is 6. The molecule has 2 atom stereocenters. The van der Waals surface area contributed by atoms with Crippen molar-refractivity contribution in [2.75, 3.05) is 19.0 Å². The number of pyridine rings is 1. The van der Waals surface area contributed by atoms with Crippen LogP contribution in [-0.2, 0) is 16.8 Å². The van der Waals surface area contributed by atoms with Gasteiger partial charge in [0.2, 0.25) is 0 Å². The fraction of sp³-hybridized carbons (Fsp3) is 0.571. The molecule has 0 bridgehead atoms. The molecule has 3 aromatic rings. The maximum Gasteiger partial charge on any atom is 0.142 e. The number of aromatic nitrogens is 5.